The van der Waals surface area contributed by atoms with E-state index in [1.165, 1.54) is 25.1 Å². The van der Waals surface area contributed by atoms with E-state index in [9.17, 15) is 23.2 Å². The molecule has 2 rings (SSSR count). The van der Waals surface area contributed by atoms with Crippen LogP contribution in [0.15, 0.2) is 42.5 Å². The van der Waals surface area contributed by atoms with Gasteiger partial charge in [-0.3, -0.25) is 14.4 Å². The van der Waals surface area contributed by atoms with E-state index in [2.05, 4.69) is 10.6 Å². The van der Waals surface area contributed by atoms with Gasteiger partial charge in [-0.15, -0.1) is 0 Å². The lowest BCUT2D eigenvalue weighted by Gasteiger charge is -2.18. The zero-order chi connectivity index (χ0) is 22.8. The number of amides is 2. The molecule has 0 aromatic heterocycles. The maximum atomic E-state index is 13.7. The molecule has 166 valence electrons. The van der Waals surface area contributed by atoms with Crippen LogP contribution in [0.5, 0.6) is 5.75 Å². The summed E-state index contributed by atoms with van der Waals surface area (Å²) in [6.45, 7) is 1.15. The number of para-hydroxylation sites is 1. The van der Waals surface area contributed by atoms with Crippen molar-refractivity contribution in [3.8, 4) is 5.75 Å². The van der Waals surface area contributed by atoms with Crippen molar-refractivity contribution >= 4 is 23.3 Å². The van der Waals surface area contributed by atoms with Crippen LogP contribution in [0.2, 0.25) is 0 Å². The summed E-state index contributed by atoms with van der Waals surface area (Å²) in [6, 6.07) is 8.52. The quantitative estimate of drug-likeness (QED) is 0.472. The monoisotopic (exact) mass is 433 g/mol. The van der Waals surface area contributed by atoms with Crippen molar-refractivity contribution in [3.05, 3.63) is 59.7 Å². The molecule has 31 heavy (non-hydrogen) atoms. The molecule has 0 saturated heterocycles. The fraction of sp³-hybridized carbons (Fsp3) is 0.318. The van der Waals surface area contributed by atoms with Crippen LogP contribution in [0.1, 0.15) is 36.5 Å². The number of ketones is 1. The number of halogens is 2. The molecule has 0 heterocycles. The molecule has 2 aromatic carbocycles. The normalized spacial score (nSPS) is 11.5. The van der Waals surface area contributed by atoms with E-state index in [0.29, 0.717) is 25.1 Å². The number of rotatable bonds is 11. The van der Waals surface area contributed by atoms with Crippen molar-refractivity contribution in [2.45, 2.75) is 32.2 Å². The van der Waals surface area contributed by atoms with E-state index in [0.717, 1.165) is 12.1 Å². The first kappa shape index (κ1) is 23.9. The third kappa shape index (κ3) is 7.45. The largest absolute Gasteiger partial charge is 0.480 e. The van der Waals surface area contributed by atoms with Gasteiger partial charge in [0.15, 0.2) is 23.2 Å². The number of unbranched alkanes of at least 4 members (excludes halogenated alkanes) is 1. The van der Waals surface area contributed by atoms with Crippen LogP contribution in [0, 0.1) is 11.6 Å². The number of ether oxygens (including phenoxy) is 1. The highest BCUT2D eigenvalue weighted by atomic mass is 19.1. The molecule has 2 amide bonds. The van der Waals surface area contributed by atoms with E-state index < -0.39 is 41.7 Å². The minimum Gasteiger partial charge on any atom is -0.480 e. The maximum absolute atomic E-state index is 13.7. The van der Waals surface area contributed by atoms with Gasteiger partial charge >= 0.3 is 0 Å². The lowest BCUT2D eigenvalue weighted by Crippen LogP contribution is -2.43. The number of benzene rings is 2. The van der Waals surface area contributed by atoms with E-state index in [1.807, 2.05) is 0 Å². The molecule has 0 bridgehead atoms. The Morgan fingerprint density at radius 3 is 2.39 bits per heavy atom. The van der Waals surface area contributed by atoms with Crippen LogP contribution < -0.4 is 21.1 Å². The molecular weight excluding hydrogens is 408 g/mol. The predicted octanol–water partition coefficient (Wildman–Crippen LogP) is 2.80. The summed E-state index contributed by atoms with van der Waals surface area (Å²) in [5.74, 6) is -3.85. The number of carbonyl (C=O) groups excluding carboxylic acids is 3. The van der Waals surface area contributed by atoms with Crippen LogP contribution in [0.25, 0.3) is 0 Å². The van der Waals surface area contributed by atoms with Gasteiger partial charge in [0, 0.05) is 18.2 Å². The SMILES string of the molecule is CC(=O)Nc1cccc(C(=O)N[C@@H](CCCCN)C(=O)COc2c(F)cccc2F)c1. The van der Waals surface area contributed by atoms with Gasteiger partial charge in [-0.05, 0) is 56.1 Å². The maximum Gasteiger partial charge on any atom is 0.251 e. The minimum absolute atomic E-state index is 0.240. The number of nitrogens with one attached hydrogen (secondary N) is 2. The van der Waals surface area contributed by atoms with Crippen molar-refractivity contribution in [3.63, 3.8) is 0 Å². The first-order valence-corrected chi connectivity index (χ1v) is 9.80. The van der Waals surface area contributed by atoms with Gasteiger partial charge in [-0.1, -0.05) is 12.1 Å². The van der Waals surface area contributed by atoms with Crippen LogP contribution in [0.4, 0.5) is 14.5 Å². The Balaban J connectivity index is 2.09. The molecule has 2 aromatic rings. The summed E-state index contributed by atoms with van der Waals surface area (Å²) >= 11 is 0. The first-order chi connectivity index (χ1) is 14.8. The molecule has 0 aliphatic carbocycles. The second-order valence-corrected chi connectivity index (χ2v) is 6.88. The van der Waals surface area contributed by atoms with Gasteiger partial charge in [0.2, 0.25) is 5.91 Å². The molecule has 0 saturated carbocycles. The van der Waals surface area contributed by atoms with Crippen molar-refractivity contribution in [1.82, 2.24) is 5.32 Å². The summed E-state index contributed by atoms with van der Waals surface area (Å²) < 4.78 is 32.5. The van der Waals surface area contributed by atoms with Crippen molar-refractivity contribution < 1.29 is 27.9 Å². The molecule has 1 atom stereocenters. The molecule has 9 heteroatoms. The number of hydrogen-bond donors (Lipinski definition) is 3. The van der Waals surface area contributed by atoms with Gasteiger partial charge < -0.3 is 21.1 Å². The molecular formula is C22H25F2N3O4. The molecule has 4 N–H and O–H groups in total. The van der Waals surface area contributed by atoms with Gasteiger partial charge in [0.05, 0.1) is 6.04 Å². The molecule has 0 radical (unpaired) electrons. The third-order valence-electron chi connectivity index (χ3n) is 4.36. The average Bonchev–Trinajstić information content (AvgIpc) is 2.72. The predicted molar refractivity (Wildman–Crippen MR) is 112 cm³/mol. The number of Topliss-reactive ketones (excluding diaryl/α,β-unsaturated/α-hetero) is 1. The molecule has 0 spiro atoms. The van der Waals surface area contributed by atoms with Gasteiger partial charge in [-0.2, -0.15) is 0 Å². The Labute approximate surface area is 179 Å². The summed E-state index contributed by atoms with van der Waals surface area (Å²) in [6.07, 6.45) is 1.49. The Hall–Kier alpha value is -3.33. The highest BCUT2D eigenvalue weighted by Gasteiger charge is 2.23. The standard InChI is InChI=1S/C22H25F2N3O4/c1-14(28)26-16-7-4-6-15(12-16)22(30)27-19(10-2-3-11-25)20(29)13-31-21-17(23)8-5-9-18(21)24/h4-9,12,19H,2-3,10-11,13,25H2,1H3,(H,26,28)(H,27,30)/t19-/m0/s1. The molecule has 7 nitrogen and oxygen atoms in total. The molecule has 0 unspecified atom stereocenters. The number of hydrogen-bond acceptors (Lipinski definition) is 5. The highest BCUT2D eigenvalue weighted by Crippen LogP contribution is 2.21. The van der Waals surface area contributed by atoms with E-state index in [1.54, 1.807) is 12.1 Å². The van der Waals surface area contributed by atoms with Crippen molar-refractivity contribution in [2.24, 2.45) is 5.73 Å². The fourth-order valence-electron chi connectivity index (χ4n) is 2.85. The van der Waals surface area contributed by atoms with E-state index in [-0.39, 0.29) is 17.9 Å². The molecule has 0 fully saturated rings. The number of anilines is 1. The topological polar surface area (TPSA) is 111 Å². The summed E-state index contributed by atoms with van der Waals surface area (Å²) in [4.78, 5) is 36.5. The number of carbonyl (C=O) groups is 3. The number of nitrogens with two attached hydrogens (primary N) is 1. The Morgan fingerprint density at radius 2 is 1.74 bits per heavy atom. The second-order valence-electron chi connectivity index (χ2n) is 6.88. The highest BCUT2D eigenvalue weighted by molar-refractivity contribution is 5.99. The van der Waals surface area contributed by atoms with Gasteiger partial charge in [-0.25, -0.2) is 8.78 Å². The van der Waals surface area contributed by atoms with Crippen molar-refractivity contribution in [1.29, 1.82) is 0 Å². The Kier molecular flexibility index (Phi) is 9.08. The zero-order valence-corrected chi connectivity index (χ0v) is 17.1. The summed E-state index contributed by atoms with van der Waals surface area (Å²) in [7, 11) is 0. The Bertz CT molecular complexity index is 916. The average molecular weight is 433 g/mol. The summed E-state index contributed by atoms with van der Waals surface area (Å²) in [5.41, 5.74) is 6.17. The van der Waals surface area contributed by atoms with Crippen LogP contribution in [0.3, 0.4) is 0 Å². The van der Waals surface area contributed by atoms with Crippen LogP contribution in [-0.2, 0) is 9.59 Å². The molecule has 0 aliphatic rings. The second kappa shape index (κ2) is 11.8. The van der Waals surface area contributed by atoms with Crippen LogP contribution in [-0.4, -0.2) is 36.8 Å². The first-order valence-electron chi connectivity index (χ1n) is 9.80. The van der Waals surface area contributed by atoms with Crippen LogP contribution >= 0.6 is 0 Å². The van der Waals surface area contributed by atoms with E-state index >= 15 is 0 Å². The Morgan fingerprint density at radius 1 is 1.06 bits per heavy atom. The smallest absolute Gasteiger partial charge is 0.251 e. The van der Waals surface area contributed by atoms with E-state index in [4.69, 9.17) is 10.5 Å². The zero-order valence-electron chi connectivity index (χ0n) is 17.1. The molecule has 0 aliphatic heterocycles. The van der Waals surface area contributed by atoms with Gasteiger partial charge in [0.1, 0.15) is 6.61 Å². The van der Waals surface area contributed by atoms with Crippen molar-refractivity contribution in [2.75, 3.05) is 18.5 Å². The lowest BCUT2D eigenvalue weighted by atomic mass is 10.0. The summed E-state index contributed by atoms with van der Waals surface area (Å²) in [5, 5.41) is 5.20. The fourth-order valence-corrected chi connectivity index (χ4v) is 2.85. The van der Waals surface area contributed by atoms with Gasteiger partial charge in [0.25, 0.3) is 5.91 Å². The minimum atomic E-state index is -0.932. The third-order valence-corrected chi connectivity index (χ3v) is 4.36. The lowest BCUT2D eigenvalue weighted by molar-refractivity contribution is -0.123.